The van der Waals surface area contributed by atoms with Crippen molar-refractivity contribution in [2.75, 3.05) is 11.9 Å². The first-order valence-electron chi connectivity index (χ1n) is 7.08. The van der Waals surface area contributed by atoms with Crippen molar-refractivity contribution in [1.29, 1.82) is 0 Å². The number of rotatable bonds is 6. The van der Waals surface area contributed by atoms with E-state index in [0.717, 1.165) is 0 Å². The molecule has 0 saturated carbocycles. The zero-order valence-corrected chi connectivity index (χ0v) is 13.5. The molecule has 0 radical (unpaired) electrons. The SMILES string of the molecule is C[C@@H](Oc1ccc(F)cc1)C(=O)OCC(=O)Nc1ccc(Cl)cc1. The maximum Gasteiger partial charge on any atom is 0.347 e. The van der Waals surface area contributed by atoms with Gasteiger partial charge in [-0.05, 0) is 55.5 Å². The summed E-state index contributed by atoms with van der Waals surface area (Å²) in [5, 5.41) is 3.11. The molecule has 126 valence electrons. The molecule has 0 unspecified atom stereocenters. The number of hydrogen-bond acceptors (Lipinski definition) is 4. The van der Waals surface area contributed by atoms with Gasteiger partial charge in [0.25, 0.3) is 5.91 Å². The molecule has 0 heterocycles. The zero-order valence-electron chi connectivity index (χ0n) is 12.8. The Bertz CT molecular complexity index is 704. The standard InChI is InChI=1S/C17H15ClFNO4/c1-11(24-15-8-4-13(19)5-9-15)17(22)23-10-16(21)20-14-6-2-12(18)3-7-14/h2-9,11H,10H2,1H3,(H,20,21)/t11-/m1/s1. The molecule has 7 heteroatoms. The normalized spacial score (nSPS) is 11.5. The monoisotopic (exact) mass is 351 g/mol. The van der Waals surface area contributed by atoms with Crippen LogP contribution in [0.1, 0.15) is 6.92 Å². The van der Waals surface area contributed by atoms with E-state index < -0.39 is 30.4 Å². The number of benzene rings is 2. The Morgan fingerprint density at radius 1 is 1.12 bits per heavy atom. The van der Waals surface area contributed by atoms with E-state index in [4.69, 9.17) is 21.1 Å². The number of halogens is 2. The highest BCUT2D eigenvalue weighted by Crippen LogP contribution is 2.14. The lowest BCUT2D eigenvalue weighted by Crippen LogP contribution is -2.29. The number of nitrogens with one attached hydrogen (secondary N) is 1. The van der Waals surface area contributed by atoms with Crippen molar-refractivity contribution in [2.24, 2.45) is 0 Å². The van der Waals surface area contributed by atoms with Gasteiger partial charge in [-0.3, -0.25) is 4.79 Å². The Balaban J connectivity index is 1.77. The topological polar surface area (TPSA) is 64.6 Å². The highest BCUT2D eigenvalue weighted by Gasteiger charge is 2.18. The largest absolute Gasteiger partial charge is 0.479 e. The van der Waals surface area contributed by atoms with Crippen LogP contribution in [0.15, 0.2) is 48.5 Å². The third-order valence-electron chi connectivity index (χ3n) is 2.93. The second kappa shape index (κ2) is 8.31. The lowest BCUT2D eigenvalue weighted by atomic mass is 10.3. The Hall–Kier alpha value is -2.60. The molecule has 24 heavy (non-hydrogen) atoms. The molecular formula is C17H15ClFNO4. The Morgan fingerprint density at radius 3 is 2.38 bits per heavy atom. The Kier molecular flexibility index (Phi) is 6.14. The van der Waals surface area contributed by atoms with Gasteiger partial charge in [0.2, 0.25) is 0 Å². The summed E-state index contributed by atoms with van der Waals surface area (Å²) in [6.45, 7) is 1.03. The molecule has 2 aromatic carbocycles. The lowest BCUT2D eigenvalue weighted by Gasteiger charge is -2.14. The van der Waals surface area contributed by atoms with Crippen molar-refractivity contribution in [3.05, 3.63) is 59.4 Å². The average Bonchev–Trinajstić information content (AvgIpc) is 2.57. The van der Waals surface area contributed by atoms with E-state index in [1.54, 1.807) is 24.3 Å². The summed E-state index contributed by atoms with van der Waals surface area (Å²) < 4.78 is 23.0. The fourth-order valence-electron chi connectivity index (χ4n) is 1.75. The number of esters is 1. The number of amides is 1. The van der Waals surface area contributed by atoms with Gasteiger partial charge in [0.05, 0.1) is 0 Å². The molecule has 1 atom stereocenters. The predicted octanol–water partition coefficient (Wildman–Crippen LogP) is 3.43. The van der Waals surface area contributed by atoms with Crippen LogP contribution in [-0.4, -0.2) is 24.6 Å². The first-order valence-corrected chi connectivity index (χ1v) is 7.46. The third kappa shape index (κ3) is 5.55. The second-order valence-corrected chi connectivity index (χ2v) is 5.31. The van der Waals surface area contributed by atoms with E-state index in [0.29, 0.717) is 16.5 Å². The summed E-state index contributed by atoms with van der Waals surface area (Å²) in [6.07, 6.45) is -0.932. The van der Waals surface area contributed by atoms with Gasteiger partial charge >= 0.3 is 5.97 Å². The van der Waals surface area contributed by atoms with Crippen molar-refractivity contribution < 1.29 is 23.5 Å². The predicted molar refractivity (Wildman–Crippen MR) is 87.5 cm³/mol. The molecule has 2 aromatic rings. The minimum Gasteiger partial charge on any atom is -0.479 e. The minimum atomic E-state index is -0.932. The number of hydrogen-bond donors (Lipinski definition) is 1. The van der Waals surface area contributed by atoms with Crippen LogP contribution >= 0.6 is 11.6 Å². The van der Waals surface area contributed by atoms with Gasteiger partial charge < -0.3 is 14.8 Å². The van der Waals surface area contributed by atoms with Crippen LogP contribution in [-0.2, 0) is 14.3 Å². The van der Waals surface area contributed by atoms with Crippen LogP contribution in [0.4, 0.5) is 10.1 Å². The van der Waals surface area contributed by atoms with Gasteiger partial charge in [-0.15, -0.1) is 0 Å². The van der Waals surface area contributed by atoms with Crippen molar-refractivity contribution in [2.45, 2.75) is 13.0 Å². The lowest BCUT2D eigenvalue weighted by molar-refractivity contribution is -0.153. The average molecular weight is 352 g/mol. The fourth-order valence-corrected chi connectivity index (χ4v) is 1.88. The van der Waals surface area contributed by atoms with Crippen LogP contribution in [0, 0.1) is 5.82 Å². The highest BCUT2D eigenvalue weighted by atomic mass is 35.5. The molecule has 2 rings (SSSR count). The smallest absolute Gasteiger partial charge is 0.347 e. The van der Waals surface area contributed by atoms with Crippen LogP contribution in [0.25, 0.3) is 0 Å². The van der Waals surface area contributed by atoms with Crippen LogP contribution in [0.2, 0.25) is 5.02 Å². The zero-order chi connectivity index (χ0) is 17.5. The fraction of sp³-hybridized carbons (Fsp3) is 0.176. The number of carbonyl (C=O) groups excluding carboxylic acids is 2. The van der Waals surface area contributed by atoms with Crippen molar-refractivity contribution in [1.82, 2.24) is 0 Å². The summed E-state index contributed by atoms with van der Waals surface area (Å²) in [5.74, 6) is -1.27. The molecule has 0 aliphatic heterocycles. The van der Waals surface area contributed by atoms with Crippen LogP contribution < -0.4 is 10.1 Å². The van der Waals surface area contributed by atoms with Crippen LogP contribution in [0.5, 0.6) is 5.75 Å². The third-order valence-corrected chi connectivity index (χ3v) is 3.18. The maximum absolute atomic E-state index is 12.8. The van der Waals surface area contributed by atoms with Gasteiger partial charge in [0, 0.05) is 10.7 Å². The molecule has 0 aliphatic carbocycles. The van der Waals surface area contributed by atoms with E-state index >= 15 is 0 Å². The first-order chi connectivity index (χ1) is 11.4. The van der Waals surface area contributed by atoms with Gasteiger partial charge in [-0.2, -0.15) is 0 Å². The molecule has 0 aromatic heterocycles. The summed E-state index contributed by atoms with van der Waals surface area (Å²) in [6, 6.07) is 11.7. The van der Waals surface area contributed by atoms with E-state index in [1.165, 1.54) is 31.2 Å². The first kappa shape index (κ1) is 17.7. The van der Waals surface area contributed by atoms with E-state index in [2.05, 4.69) is 5.32 Å². The summed E-state index contributed by atoms with van der Waals surface area (Å²) in [4.78, 5) is 23.5. The van der Waals surface area contributed by atoms with Crippen LogP contribution in [0.3, 0.4) is 0 Å². The number of ether oxygens (including phenoxy) is 2. The highest BCUT2D eigenvalue weighted by molar-refractivity contribution is 6.30. The molecule has 1 amide bonds. The number of carbonyl (C=O) groups is 2. The maximum atomic E-state index is 12.8. The molecule has 0 aliphatic rings. The quantitative estimate of drug-likeness (QED) is 0.810. The molecule has 0 saturated heterocycles. The molecule has 0 fully saturated rings. The molecule has 5 nitrogen and oxygen atoms in total. The molecule has 0 spiro atoms. The molecular weight excluding hydrogens is 337 g/mol. The van der Waals surface area contributed by atoms with Crippen molar-refractivity contribution in [3.8, 4) is 5.75 Å². The minimum absolute atomic E-state index is 0.325. The van der Waals surface area contributed by atoms with E-state index in [-0.39, 0.29) is 0 Å². The summed E-state index contributed by atoms with van der Waals surface area (Å²) in [5.41, 5.74) is 0.538. The van der Waals surface area contributed by atoms with Crippen molar-refractivity contribution in [3.63, 3.8) is 0 Å². The number of anilines is 1. The Labute approximate surface area is 143 Å². The molecule has 0 bridgehead atoms. The van der Waals surface area contributed by atoms with Crippen molar-refractivity contribution >= 4 is 29.2 Å². The second-order valence-electron chi connectivity index (χ2n) is 4.88. The van der Waals surface area contributed by atoms with E-state index in [1.807, 2.05) is 0 Å². The van der Waals surface area contributed by atoms with Gasteiger partial charge in [-0.1, -0.05) is 11.6 Å². The molecule has 1 N–H and O–H groups in total. The summed E-state index contributed by atoms with van der Waals surface area (Å²) >= 11 is 5.74. The van der Waals surface area contributed by atoms with Gasteiger partial charge in [0.1, 0.15) is 11.6 Å². The van der Waals surface area contributed by atoms with Gasteiger partial charge in [-0.25, -0.2) is 9.18 Å². The van der Waals surface area contributed by atoms with Gasteiger partial charge in [0.15, 0.2) is 12.7 Å². The summed E-state index contributed by atoms with van der Waals surface area (Å²) in [7, 11) is 0. The van der Waals surface area contributed by atoms with E-state index in [9.17, 15) is 14.0 Å². The Morgan fingerprint density at radius 2 is 1.75 bits per heavy atom.